The quantitative estimate of drug-likeness (QED) is 0.804. The van der Waals surface area contributed by atoms with E-state index in [-0.39, 0.29) is 17.2 Å². The Balaban J connectivity index is 1.59. The molecule has 1 amide bonds. The van der Waals surface area contributed by atoms with Crippen molar-refractivity contribution in [3.63, 3.8) is 0 Å². The molecule has 4 nitrogen and oxygen atoms in total. The molecule has 1 aliphatic rings. The van der Waals surface area contributed by atoms with Gasteiger partial charge in [-0.1, -0.05) is 12.1 Å². The Bertz CT molecular complexity index is 846. The first-order valence-electron chi connectivity index (χ1n) is 8.90. The van der Waals surface area contributed by atoms with Crippen LogP contribution >= 0.6 is 0 Å². The number of amides is 1. The highest BCUT2D eigenvalue weighted by molar-refractivity contribution is 5.94. The molecule has 28 heavy (non-hydrogen) atoms. The predicted molar refractivity (Wildman–Crippen MR) is 94.7 cm³/mol. The molecular formula is C20H21F4N2O2+. The van der Waals surface area contributed by atoms with Gasteiger partial charge in [0, 0.05) is 11.1 Å². The lowest BCUT2D eigenvalue weighted by atomic mass is 10.1. The van der Waals surface area contributed by atoms with Gasteiger partial charge < -0.3 is 14.5 Å². The molecule has 0 spiro atoms. The number of methoxy groups -OCH3 is 1. The second kappa shape index (κ2) is 8.18. The number of quaternary nitrogens is 1. The number of nitrogens with zero attached hydrogens (tertiary/aromatic N) is 1. The van der Waals surface area contributed by atoms with Crippen LogP contribution in [-0.2, 0) is 12.7 Å². The highest BCUT2D eigenvalue weighted by Crippen LogP contribution is 2.29. The van der Waals surface area contributed by atoms with Crippen LogP contribution in [0.4, 0.5) is 17.6 Å². The van der Waals surface area contributed by atoms with Crippen LogP contribution < -0.4 is 9.64 Å². The zero-order valence-corrected chi connectivity index (χ0v) is 15.4. The Labute approximate surface area is 160 Å². The number of hydrogen-bond donors (Lipinski definition) is 1. The van der Waals surface area contributed by atoms with E-state index in [2.05, 4.69) is 0 Å². The van der Waals surface area contributed by atoms with E-state index in [4.69, 9.17) is 4.74 Å². The number of carbonyl (C=O) groups excluding carboxylic acids is 1. The topological polar surface area (TPSA) is 34.0 Å². The molecule has 1 fully saturated rings. The smallest absolute Gasteiger partial charge is 0.416 e. The number of benzene rings is 2. The van der Waals surface area contributed by atoms with E-state index in [1.54, 1.807) is 11.0 Å². The lowest BCUT2D eigenvalue weighted by molar-refractivity contribution is -0.917. The van der Waals surface area contributed by atoms with Crippen molar-refractivity contribution in [1.82, 2.24) is 4.90 Å². The molecule has 1 heterocycles. The fraction of sp³-hybridized carbons (Fsp3) is 0.350. The summed E-state index contributed by atoms with van der Waals surface area (Å²) in [5.41, 5.74) is 0.209. The maximum Gasteiger partial charge on any atom is 0.416 e. The Hall–Kier alpha value is -2.61. The zero-order chi connectivity index (χ0) is 20.3. The van der Waals surface area contributed by atoms with Crippen LogP contribution in [0.1, 0.15) is 21.5 Å². The molecule has 1 saturated heterocycles. The van der Waals surface area contributed by atoms with E-state index in [1.807, 2.05) is 0 Å². The fourth-order valence-electron chi connectivity index (χ4n) is 3.33. The van der Waals surface area contributed by atoms with Crippen molar-refractivity contribution in [2.75, 3.05) is 33.3 Å². The summed E-state index contributed by atoms with van der Waals surface area (Å²) >= 11 is 0. The fourth-order valence-corrected chi connectivity index (χ4v) is 3.33. The Kier molecular flexibility index (Phi) is 5.88. The third-order valence-electron chi connectivity index (χ3n) is 4.86. The number of nitrogens with one attached hydrogen (secondary N) is 1. The summed E-state index contributed by atoms with van der Waals surface area (Å²) in [6.45, 7) is 2.60. The van der Waals surface area contributed by atoms with Crippen LogP contribution in [0.25, 0.3) is 0 Å². The highest BCUT2D eigenvalue weighted by atomic mass is 19.4. The van der Waals surface area contributed by atoms with Gasteiger partial charge in [-0.05, 0) is 30.3 Å². The SMILES string of the molecule is COc1ccc(C(=O)N2CC[NH+](Cc3cccc(C(F)(F)F)c3)CC2)cc1F. The van der Waals surface area contributed by atoms with E-state index < -0.39 is 17.6 Å². The average molecular weight is 397 g/mol. The monoisotopic (exact) mass is 397 g/mol. The van der Waals surface area contributed by atoms with Gasteiger partial charge >= 0.3 is 6.18 Å². The van der Waals surface area contributed by atoms with Crippen molar-refractivity contribution in [2.24, 2.45) is 0 Å². The Morgan fingerprint density at radius 2 is 1.86 bits per heavy atom. The normalized spacial score (nSPS) is 15.5. The van der Waals surface area contributed by atoms with Crippen LogP contribution in [0.15, 0.2) is 42.5 Å². The number of ether oxygens (including phenoxy) is 1. The average Bonchev–Trinajstić information content (AvgIpc) is 2.67. The summed E-state index contributed by atoms with van der Waals surface area (Å²) in [6, 6.07) is 9.41. The van der Waals surface area contributed by atoms with Gasteiger partial charge in [-0.25, -0.2) is 4.39 Å². The first-order chi connectivity index (χ1) is 13.3. The van der Waals surface area contributed by atoms with Crippen LogP contribution in [-0.4, -0.2) is 44.1 Å². The highest BCUT2D eigenvalue weighted by Gasteiger charge is 2.31. The molecule has 0 unspecified atom stereocenters. The van der Waals surface area contributed by atoms with Gasteiger partial charge in [0.2, 0.25) is 0 Å². The van der Waals surface area contributed by atoms with E-state index >= 15 is 0 Å². The standard InChI is InChI=1S/C20H20F4N2O2/c1-28-18-6-5-15(12-17(18)21)19(27)26-9-7-25(8-10-26)13-14-3-2-4-16(11-14)20(22,23)24/h2-6,11-12H,7-10,13H2,1H3/p+1. The van der Waals surface area contributed by atoms with E-state index in [9.17, 15) is 22.4 Å². The number of alkyl halides is 3. The molecule has 0 radical (unpaired) electrons. The van der Waals surface area contributed by atoms with Crippen LogP contribution in [0.5, 0.6) is 5.75 Å². The van der Waals surface area contributed by atoms with Gasteiger partial charge in [0.1, 0.15) is 6.54 Å². The van der Waals surface area contributed by atoms with Gasteiger partial charge in [0.15, 0.2) is 11.6 Å². The van der Waals surface area contributed by atoms with Gasteiger partial charge in [-0.3, -0.25) is 4.79 Å². The molecule has 0 bridgehead atoms. The molecule has 0 aromatic heterocycles. The van der Waals surface area contributed by atoms with E-state index in [0.29, 0.717) is 38.3 Å². The van der Waals surface area contributed by atoms with Crippen molar-refractivity contribution in [2.45, 2.75) is 12.7 Å². The maximum atomic E-state index is 13.8. The Morgan fingerprint density at radius 1 is 1.14 bits per heavy atom. The van der Waals surface area contributed by atoms with Crippen molar-refractivity contribution in [1.29, 1.82) is 0 Å². The van der Waals surface area contributed by atoms with Gasteiger partial charge in [-0.2, -0.15) is 13.2 Å². The minimum Gasteiger partial charge on any atom is -0.494 e. The Morgan fingerprint density at radius 3 is 2.46 bits per heavy atom. The summed E-state index contributed by atoms with van der Waals surface area (Å²) in [7, 11) is 1.35. The van der Waals surface area contributed by atoms with Gasteiger partial charge in [0.25, 0.3) is 5.91 Å². The lowest BCUT2D eigenvalue weighted by Gasteiger charge is -2.32. The molecule has 1 aliphatic heterocycles. The minimum absolute atomic E-state index is 0.0758. The van der Waals surface area contributed by atoms with Crippen LogP contribution in [0.3, 0.4) is 0 Å². The summed E-state index contributed by atoms with van der Waals surface area (Å²) in [6.07, 6.45) is -4.36. The molecular weight excluding hydrogens is 376 g/mol. The number of halogens is 4. The third-order valence-corrected chi connectivity index (χ3v) is 4.86. The van der Waals surface area contributed by atoms with Crippen molar-refractivity contribution < 1.29 is 32.0 Å². The molecule has 2 aromatic rings. The number of hydrogen-bond acceptors (Lipinski definition) is 2. The molecule has 150 valence electrons. The summed E-state index contributed by atoms with van der Waals surface area (Å²) < 4.78 is 57.2. The van der Waals surface area contributed by atoms with Crippen LogP contribution in [0, 0.1) is 5.82 Å². The second-order valence-electron chi connectivity index (χ2n) is 6.77. The van der Waals surface area contributed by atoms with Crippen molar-refractivity contribution in [3.05, 3.63) is 65.0 Å². The summed E-state index contributed by atoms with van der Waals surface area (Å²) in [4.78, 5) is 15.3. The number of carbonyl (C=O) groups is 1. The van der Waals surface area contributed by atoms with Gasteiger partial charge in [-0.15, -0.1) is 0 Å². The van der Waals surface area contributed by atoms with E-state index in [1.165, 1.54) is 31.4 Å². The van der Waals surface area contributed by atoms with Crippen molar-refractivity contribution >= 4 is 5.91 Å². The lowest BCUT2D eigenvalue weighted by Crippen LogP contribution is -3.13. The summed E-state index contributed by atoms with van der Waals surface area (Å²) in [5, 5.41) is 0. The molecule has 2 aromatic carbocycles. The largest absolute Gasteiger partial charge is 0.494 e. The van der Waals surface area contributed by atoms with E-state index in [0.717, 1.165) is 17.0 Å². The molecule has 1 N–H and O–H groups in total. The molecule has 0 atom stereocenters. The zero-order valence-electron chi connectivity index (χ0n) is 15.4. The molecule has 0 saturated carbocycles. The first-order valence-corrected chi connectivity index (χ1v) is 8.90. The third kappa shape index (κ3) is 4.62. The summed E-state index contributed by atoms with van der Waals surface area (Å²) in [5.74, 6) is -0.784. The minimum atomic E-state index is -4.36. The molecule has 0 aliphatic carbocycles. The predicted octanol–water partition coefficient (Wildman–Crippen LogP) is 2.39. The maximum absolute atomic E-state index is 13.8. The van der Waals surface area contributed by atoms with Gasteiger partial charge in [0.05, 0.1) is 38.9 Å². The first kappa shape index (κ1) is 20.1. The van der Waals surface area contributed by atoms with Crippen LogP contribution in [0.2, 0.25) is 0 Å². The number of rotatable bonds is 4. The van der Waals surface area contributed by atoms with Crippen molar-refractivity contribution in [3.8, 4) is 5.75 Å². The second-order valence-corrected chi connectivity index (χ2v) is 6.77. The number of piperazine rings is 1. The molecule has 8 heteroatoms. The molecule has 3 rings (SSSR count).